The van der Waals surface area contributed by atoms with Crippen LogP contribution in [0, 0.1) is 0 Å². The molecule has 0 aliphatic carbocycles. The van der Waals surface area contributed by atoms with Crippen molar-refractivity contribution in [2.75, 3.05) is 11.6 Å². The molecule has 2 aromatic rings. The first-order valence-corrected chi connectivity index (χ1v) is 9.32. The van der Waals surface area contributed by atoms with Crippen LogP contribution in [0.1, 0.15) is 5.56 Å². The first-order chi connectivity index (χ1) is 9.38. The molecule has 0 heterocycles. The van der Waals surface area contributed by atoms with Crippen LogP contribution >= 0.6 is 31.9 Å². The average molecular weight is 419 g/mol. The Labute approximate surface area is 135 Å². The maximum Gasteiger partial charge on any atom is 0.177 e. The number of anilines is 1. The zero-order valence-electron chi connectivity index (χ0n) is 10.7. The molecular weight excluding hydrogens is 406 g/mol. The first-order valence-electron chi connectivity index (χ1n) is 5.85. The highest BCUT2D eigenvalue weighted by Gasteiger charge is 2.12. The van der Waals surface area contributed by atoms with Crippen molar-refractivity contribution < 1.29 is 8.42 Å². The van der Waals surface area contributed by atoms with Gasteiger partial charge in [0.25, 0.3) is 0 Å². The molecule has 0 amide bonds. The second-order valence-corrected chi connectivity index (χ2v) is 8.06. The van der Waals surface area contributed by atoms with Crippen molar-refractivity contribution >= 4 is 47.4 Å². The zero-order valence-corrected chi connectivity index (χ0v) is 14.7. The second-order valence-electron chi connectivity index (χ2n) is 4.37. The second kappa shape index (κ2) is 6.28. The standard InChI is InChI=1S/C14H13Br2NO2S/c1-20(18,19)14-5-3-2-4-13(14)17-9-10-6-7-11(15)12(16)8-10/h2-8,17H,9H2,1H3. The van der Waals surface area contributed by atoms with E-state index in [0.29, 0.717) is 17.1 Å². The number of nitrogens with one attached hydrogen (secondary N) is 1. The fourth-order valence-electron chi connectivity index (χ4n) is 1.78. The van der Waals surface area contributed by atoms with Crippen LogP contribution in [-0.4, -0.2) is 14.7 Å². The Balaban J connectivity index is 2.21. The highest BCUT2D eigenvalue weighted by Crippen LogP contribution is 2.25. The van der Waals surface area contributed by atoms with E-state index in [1.54, 1.807) is 18.2 Å². The molecule has 20 heavy (non-hydrogen) atoms. The van der Waals surface area contributed by atoms with Crippen LogP contribution in [-0.2, 0) is 16.4 Å². The van der Waals surface area contributed by atoms with Gasteiger partial charge in [-0.3, -0.25) is 0 Å². The van der Waals surface area contributed by atoms with E-state index >= 15 is 0 Å². The SMILES string of the molecule is CS(=O)(=O)c1ccccc1NCc1ccc(Br)c(Br)c1. The molecular formula is C14H13Br2NO2S. The summed E-state index contributed by atoms with van der Waals surface area (Å²) < 4.78 is 25.4. The maximum atomic E-state index is 11.7. The molecule has 0 spiro atoms. The lowest BCUT2D eigenvalue weighted by molar-refractivity contribution is 0.602. The molecule has 0 fully saturated rings. The molecule has 1 N–H and O–H groups in total. The monoisotopic (exact) mass is 417 g/mol. The lowest BCUT2D eigenvalue weighted by atomic mass is 10.2. The highest BCUT2D eigenvalue weighted by molar-refractivity contribution is 9.13. The summed E-state index contributed by atoms with van der Waals surface area (Å²) in [6.07, 6.45) is 1.21. The number of para-hydroxylation sites is 1. The lowest BCUT2D eigenvalue weighted by Gasteiger charge is -2.11. The molecule has 0 saturated carbocycles. The number of rotatable bonds is 4. The van der Waals surface area contributed by atoms with Gasteiger partial charge in [0.2, 0.25) is 0 Å². The number of sulfone groups is 1. The summed E-state index contributed by atoms with van der Waals surface area (Å²) in [6.45, 7) is 0.554. The smallest absolute Gasteiger partial charge is 0.177 e. The Morgan fingerprint density at radius 3 is 2.40 bits per heavy atom. The molecule has 6 heteroatoms. The van der Waals surface area contributed by atoms with Crippen LogP contribution in [0.15, 0.2) is 56.3 Å². The summed E-state index contributed by atoms with van der Waals surface area (Å²) in [5, 5.41) is 3.17. The van der Waals surface area contributed by atoms with Crippen molar-refractivity contribution in [1.82, 2.24) is 0 Å². The molecule has 0 aliphatic rings. The Hall–Kier alpha value is -0.850. The van der Waals surface area contributed by atoms with Crippen molar-refractivity contribution in [3.05, 3.63) is 57.0 Å². The third-order valence-corrected chi connectivity index (χ3v) is 5.79. The maximum absolute atomic E-state index is 11.7. The third kappa shape index (κ3) is 3.84. The van der Waals surface area contributed by atoms with Gasteiger partial charge in [0.1, 0.15) is 0 Å². The van der Waals surface area contributed by atoms with Gasteiger partial charge < -0.3 is 5.32 Å². The fourth-order valence-corrected chi connectivity index (χ4v) is 3.32. The predicted molar refractivity (Wildman–Crippen MR) is 88.7 cm³/mol. The normalized spacial score (nSPS) is 11.3. The van der Waals surface area contributed by atoms with Crippen molar-refractivity contribution in [2.45, 2.75) is 11.4 Å². The van der Waals surface area contributed by atoms with Crippen molar-refractivity contribution in [3.63, 3.8) is 0 Å². The highest BCUT2D eigenvalue weighted by atomic mass is 79.9. The summed E-state index contributed by atoms with van der Waals surface area (Å²) in [5.41, 5.74) is 1.68. The van der Waals surface area contributed by atoms with Gasteiger partial charge in [0.15, 0.2) is 9.84 Å². The predicted octanol–water partition coefficient (Wildman–Crippen LogP) is 4.23. The van der Waals surface area contributed by atoms with E-state index in [1.807, 2.05) is 24.3 Å². The quantitative estimate of drug-likeness (QED) is 0.808. The topological polar surface area (TPSA) is 46.2 Å². The van der Waals surface area contributed by atoms with Crippen LogP contribution in [0.2, 0.25) is 0 Å². The fraction of sp³-hybridized carbons (Fsp3) is 0.143. The van der Waals surface area contributed by atoms with E-state index in [4.69, 9.17) is 0 Å². The molecule has 0 bridgehead atoms. The van der Waals surface area contributed by atoms with Gasteiger partial charge in [-0.1, -0.05) is 18.2 Å². The minimum absolute atomic E-state index is 0.316. The molecule has 3 nitrogen and oxygen atoms in total. The van der Waals surface area contributed by atoms with Gasteiger partial charge in [-0.2, -0.15) is 0 Å². The first kappa shape index (κ1) is 15.5. The van der Waals surface area contributed by atoms with E-state index in [-0.39, 0.29) is 0 Å². The van der Waals surface area contributed by atoms with Crippen LogP contribution < -0.4 is 5.32 Å². The average Bonchev–Trinajstić information content (AvgIpc) is 2.39. The summed E-state index contributed by atoms with van der Waals surface area (Å²) >= 11 is 6.86. The van der Waals surface area contributed by atoms with Crippen LogP contribution in [0.3, 0.4) is 0 Å². The van der Waals surface area contributed by atoms with Gasteiger partial charge in [-0.25, -0.2) is 8.42 Å². The molecule has 0 aromatic heterocycles. The van der Waals surface area contributed by atoms with Gasteiger partial charge in [-0.05, 0) is 61.7 Å². The van der Waals surface area contributed by atoms with Gasteiger partial charge in [-0.15, -0.1) is 0 Å². The van der Waals surface area contributed by atoms with Crippen LogP contribution in [0.25, 0.3) is 0 Å². The largest absolute Gasteiger partial charge is 0.380 e. The Morgan fingerprint density at radius 2 is 1.75 bits per heavy atom. The minimum atomic E-state index is -3.23. The Morgan fingerprint density at radius 1 is 1.05 bits per heavy atom. The van der Waals surface area contributed by atoms with Gasteiger partial charge in [0.05, 0.1) is 10.6 Å². The van der Waals surface area contributed by atoms with Crippen molar-refractivity contribution in [2.24, 2.45) is 0 Å². The van der Waals surface area contributed by atoms with E-state index in [9.17, 15) is 8.42 Å². The number of hydrogen-bond donors (Lipinski definition) is 1. The van der Waals surface area contributed by atoms with Crippen LogP contribution in [0.5, 0.6) is 0 Å². The third-order valence-electron chi connectivity index (χ3n) is 2.75. The van der Waals surface area contributed by atoms with E-state index < -0.39 is 9.84 Å². The van der Waals surface area contributed by atoms with Crippen molar-refractivity contribution in [3.8, 4) is 0 Å². The molecule has 0 aliphatic heterocycles. The van der Waals surface area contributed by atoms with Crippen LogP contribution in [0.4, 0.5) is 5.69 Å². The number of hydrogen-bond acceptors (Lipinski definition) is 3. The Kier molecular flexibility index (Phi) is 4.88. The molecule has 0 atom stereocenters. The molecule has 0 unspecified atom stereocenters. The Bertz CT molecular complexity index is 730. The lowest BCUT2D eigenvalue weighted by Crippen LogP contribution is -2.06. The molecule has 0 radical (unpaired) electrons. The van der Waals surface area contributed by atoms with E-state index in [1.165, 1.54) is 6.26 Å². The summed E-state index contributed by atoms with van der Waals surface area (Å²) in [7, 11) is -3.23. The van der Waals surface area contributed by atoms with Gasteiger partial charge in [0, 0.05) is 21.7 Å². The minimum Gasteiger partial charge on any atom is -0.380 e. The number of halogens is 2. The van der Waals surface area contributed by atoms with E-state index in [0.717, 1.165) is 14.5 Å². The molecule has 0 saturated heterocycles. The molecule has 2 rings (SSSR count). The summed E-state index contributed by atoms with van der Waals surface area (Å²) in [5.74, 6) is 0. The summed E-state index contributed by atoms with van der Waals surface area (Å²) in [6, 6.07) is 12.8. The number of benzene rings is 2. The summed E-state index contributed by atoms with van der Waals surface area (Å²) in [4.78, 5) is 0.316. The molecule has 2 aromatic carbocycles. The van der Waals surface area contributed by atoms with Crippen molar-refractivity contribution in [1.29, 1.82) is 0 Å². The molecule has 106 valence electrons. The van der Waals surface area contributed by atoms with Gasteiger partial charge >= 0.3 is 0 Å². The van der Waals surface area contributed by atoms with E-state index in [2.05, 4.69) is 37.2 Å². The zero-order chi connectivity index (χ0) is 14.8.